The number of esters is 1. The van der Waals surface area contributed by atoms with Crippen LogP contribution in [0.3, 0.4) is 0 Å². The van der Waals surface area contributed by atoms with E-state index >= 15 is 0 Å². The van der Waals surface area contributed by atoms with Gasteiger partial charge >= 0.3 is 12.1 Å². The molecule has 1 unspecified atom stereocenters. The molecule has 0 saturated carbocycles. The smallest absolute Gasteiger partial charge is 0.407 e. The van der Waals surface area contributed by atoms with Gasteiger partial charge in [0.2, 0.25) is 0 Å². The summed E-state index contributed by atoms with van der Waals surface area (Å²) >= 11 is 0. The highest BCUT2D eigenvalue weighted by Gasteiger charge is 2.27. The van der Waals surface area contributed by atoms with Crippen LogP contribution in [0.4, 0.5) is 4.79 Å². The van der Waals surface area contributed by atoms with Crippen LogP contribution in [0.1, 0.15) is 70.4 Å². The Hall–Kier alpha value is -2.86. The number of carbonyl (C=O) groups excluding carboxylic acids is 2. The van der Waals surface area contributed by atoms with Gasteiger partial charge in [0.1, 0.15) is 5.60 Å². The fourth-order valence-electron chi connectivity index (χ4n) is 4.05. The summed E-state index contributed by atoms with van der Waals surface area (Å²) in [5.74, 6) is -0.513. The highest BCUT2D eigenvalue weighted by Crippen LogP contribution is 2.31. The summed E-state index contributed by atoms with van der Waals surface area (Å²) in [7, 11) is 0. The number of aliphatic hydroxyl groups excluding tert-OH is 1. The summed E-state index contributed by atoms with van der Waals surface area (Å²) in [5, 5.41) is 12.5. The van der Waals surface area contributed by atoms with Gasteiger partial charge in [-0.1, -0.05) is 67.1 Å². The number of hydrogen-bond acceptors (Lipinski definition) is 5. The highest BCUT2D eigenvalue weighted by atomic mass is 16.6. The second kappa shape index (κ2) is 13.8. The fraction of sp³-hybridized carbons (Fsp3) is 0.500. The number of benzene rings is 2. The average molecular weight is 470 g/mol. The van der Waals surface area contributed by atoms with E-state index in [1.165, 1.54) is 11.1 Å². The molecule has 0 saturated heterocycles. The van der Waals surface area contributed by atoms with Crippen LogP contribution in [0.5, 0.6) is 0 Å². The van der Waals surface area contributed by atoms with Crippen LogP contribution in [0.15, 0.2) is 60.7 Å². The van der Waals surface area contributed by atoms with E-state index < -0.39 is 23.7 Å². The first kappa shape index (κ1) is 27.4. The monoisotopic (exact) mass is 469 g/mol. The van der Waals surface area contributed by atoms with E-state index in [0.29, 0.717) is 6.42 Å². The maximum atomic E-state index is 12.7. The van der Waals surface area contributed by atoms with Crippen molar-refractivity contribution in [2.45, 2.75) is 70.9 Å². The zero-order chi connectivity index (χ0) is 25.0. The molecule has 0 aromatic heterocycles. The Kier molecular flexibility index (Phi) is 11.1. The van der Waals surface area contributed by atoms with Gasteiger partial charge < -0.3 is 19.9 Å². The molecule has 2 aromatic rings. The number of alkyl carbamates (subject to hydrolysis) is 1. The molecular formula is C28H39NO5. The minimum Gasteiger partial charge on any atom is -0.466 e. The molecule has 0 radical (unpaired) electrons. The molecular weight excluding hydrogens is 430 g/mol. The van der Waals surface area contributed by atoms with Crippen LogP contribution in [0.2, 0.25) is 0 Å². The molecule has 2 atom stereocenters. The van der Waals surface area contributed by atoms with Crippen LogP contribution >= 0.6 is 0 Å². The van der Waals surface area contributed by atoms with Crippen molar-refractivity contribution in [2.75, 3.05) is 13.2 Å². The second-order valence-electron chi connectivity index (χ2n) is 9.52. The lowest BCUT2D eigenvalue weighted by Gasteiger charge is -2.25. The number of hydrogen-bond donors (Lipinski definition) is 2. The van der Waals surface area contributed by atoms with Gasteiger partial charge in [-0.05, 0) is 58.1 Å². The van der Waals surface area contributed by atoms with Crippen molar-refractivity contribution in [1.82, 2.24) is 5.32 Å². The van der Waals surface area contributed by atoms with Gasteiger partial charge in [0, 0.05) is 5.92 Å². The Bertz CT molecular complexity index is 824. The van der Waals surface area contributed by atoms with E-state index in [0.717, 1.165) is 12.8 Å². The molecule has 0 aliphatic rings. The predicted molar refractivity (Wildman–Crippen MR) is 134 cm³/mol. The number of nitrogens with one attached hydrogen (secondary N) is 1. The summed E-state index contributed by atoms with van der Waals surface area (Å²) in [4.78, 5) is 24.8. The number of carbonyl (C=O) groups is 2. The topological polar surface area (TPSA) is 84.9 Å². The van der Waals surface area contributed by atoms with Crippen LogP contribution < -0.4 is 5.32 Å². The van der Waals surface area contributed by atoms with E-state index in [2.05, 4.69) is 29.6 Å². The van der Waals surface area contributed by atoms with Crippen molar-refractivity contribution in [3.63, 3.8) is 0 Å². The summed E-state index contributed by atoms with van der Waals surface area (Å²) in [5.41, 5.74) is 1.83. The maximum absolute atomic E-state index is 12.7. The predicted octanol–water partition coefficient (Wildman–Crippen LogP) is 5.44. The summed E-state index contributed by atoms with van der Waals surface area (Å²) in [6.07, 6.45) is 1.94. The lowest BCUT2D eigenvalue weighted by Crippen LogP contribution is -2.42. The van der Waals surface area contributed by atoms with Crippen LogP contribution in [0, 0.1) is 5.92 Å². The molecule has 2 rings (SSSR count). The van der Waals surface area contributed by atoms with E-state index in [1.54, 1.807) is 27.7 Å². The Morgan fingerprint density at radius 3 is 1.97 bits per heavy atom. The van der Waals surface area contributed by atoms with Crippen molar-refractivity contribution in [3.8, 4) is 0 Å². The molecule has 1 amide bonds. The van der Waals surface area contributed by atoms with Crippen molar-refractivity contribution in [2.24, 2.45) is 5.92 Å². The van der Waals surface area contributed by atoms with Crippen molar-refractivity contribution >= 4 is 12.1 Å². The van der Waals surface area contributed by atoms with E-state index in [1.807, 2.05) is 36.4 Å². The Labute approximate surface area is 203 Å². The molecule has 0 bridgehead atoms. The first-order valence-electron chi connectivity index (χ1n) is 12.1. The molecule has 0 spiro atoms. The van der Waals surface area contributed by atoms with Gasteiger partial charge in [0.25, 0.3) is 0 Å². The van der Waals surface area contributed by atoms with Crippen molar-refractivity contribution < 1.29 is 24.2 Å². The zero-order valence-electron chi connectivity index (χ0n) is 20.8. The van der Waals surface area contributed by atoms with Crippen LogP contribution in [0.25, 0.3) is 0 Å². The van der Waals surface area contributed by atoms with Gasteiger partial charge in [0.15, 0.2) is 0 Å². The maximum Gasteiger partial charge on any atom is 0.407 e. The summed E-state index contributed by atoms with van der Waals surface area (Å²) in [6, 6.07) is 20.1. The molecule has 6 heteroatoms. The largest absolute Gasteiger partial charge is 0.466 e. The minimum atomic E-state index is -0.644. The molecule has 0 fully saturated rings. The van der Waals surface area contributed by atoms with E-state index in [4.69, 9.17) is 9.47 Å². The second-order valence-corrected chi connectivity index (χ2v) is 9.52. The lowest BCUT2D eigenvalue weighted by molar-refractivity contribution is -0.148. The quantitative estimate of drug-likeness (QED) is 0.404. The number of rotatable bonds is 12. The van der Waals surface area contributed by atoms with E-state index in [9.17, 15) is 14.7 Å². The van der Waals surface area contributed by atoms with Gasteiger partial charge in [-0.3, -0.25) is 4.79 Å². The lowest BCUT2D eigenvalue weighted by atomic mass is 9.85. The Balaban J connectivity index is 2.06. The Morgan fingerprint density at radius 1 is 0.941 bits per heavy atom. The molecule has 6 nitrogen and oxygen atoms in total. The van der Waals surface area contributed by atoms with Crippen LogP contribution in [-0.2, 0) is 14.3 Å². The summed E-state index contributed by atoms with van der Waals surface area (Å²) in [6.45, 7) is 7.10. The van der Waals surface area contributed by atoms with Gasteiger partial charge in [0.05, 0.1) is 25.2 Å². The zero-order valence-corrected chi connectivity index (χ0v) is 20.8. The molecule has 2 aromatic carbocycles. The normalized spacial score (nSPS) is 13.2. The fourth-order valence-corrected chi connectivity index (χ4v) is 4.05. The number of aliphatic hydroxyl groups is 1. The first-order valence-corrected chi connectivity index (χ1v) is 12.1. The van der Waals surface area contributed by atoms with Crippen molar-refractivity contribution in [1.29, 1.82) is 0 Å². The molecule has 0 aliphatic heterocycles. The van der Waals surface area contributed by atoms with Crippen LogP contribution in [-0.4, -0.2) is 42.0 Å². The third kappa shape index (κ3) is 9.56. The average Bonchev–Trinajstić information content (AvgIpc) is 2.80. The molecule has 2 N–H and O–H groups in total. The SMILES string of the molecule is CCOC(=O)C(CCCC(c1ccccc1)c1ccccc1)C[C@@H](CO)NC(=O)OC(C)(C)C. The third-order valence-corrected chi connectivity index (χ3v) is 5.58. The molecule has 186 valence electrons. The van der Waals surface area contributed by atoms with E-state index in [-0.39, 0.29) is 31.5 Å². The van der Waals surface area contributed by atoms with Gasteiger partial charge in [-0.2, -0.15) is 0 Å². The molecule has 0 aliphatic carbocycles. The molecule has 34 heavy (non-hydrogen) atoms. The van der Waals surface area contributed by atoms with Crippen molar-refractivity contribution in [3.05, 3.63) is 71.8 Å². The standard InChI is InChI=1S/C28H39NO5/c1-5-33-26(31)23(19-24(20-30)29-27(32)34-28(2,3)4)17-12-18-25(21-13-8-6-9-14-21)22-15-10-7-11-16-22/h6-11,13-16,23-25,30H,5,12,17-20H2,1-4H3,(H,29,32)/t23?,24-/m0/s1. The highest BCUT2D eigenvalue weighted by molar-refractivity contribution is 5.73. The Morgan fingerprint density at radius 2 is 1.50 bits per heavy atom. The minimum absolute atomic E-state index is 0.221. The van der Waals surface area contributed by atoms with Gasteiger partial charge in [-0.15, -0.1) is 0 Å². The number of ether oxygens (including phenoxy) is 2. The van der Waals surface area contributed by atoms with Gasteiger partial charge in [-0.25, -0.2) is 4.79 Å². The number of amides is 1. The molecule has 0 heterocycles. The summed E-state index contributed by atoms with van der Waals surface area (Å²) < 4.78 is 10.6. The third-order valence-electron chi connectivity index (χ3n) is 5.58. The first-order chi connectivity index (χ1) is 16.2.